The molecule has 8 heavy (non-hydrogen) atoms. The zero-order valence-corrected chi connectivity index (χ0v) is 6.73. The van der Waals surface area contributed by atoms with E-state index in [0.29, 0.717) is 6.04 Å². The number of hydrogen-bond acceptors (Lipinski definition) is 1. The molecule has 1 heterocycles. The summed E-state index contributed by atoms with van der Waals surface area (Å²) in [7, 11) is 2.13. The maximum Gasteiger partial charge on any atom is 0.0250 e. The maximum absolute atomic E-state index is 2.29. The summed E-state index contributed by atoms with van der Waals surface area (Å²) < 4.78 is 0. The summed E-state index contributed by atoms with van der Waals surface area (Å²) in [6.07, 6.45) is 4.42. The largest absolute Gasteiger partial charge is 0.297 e. The molecule has 0 aromatic heterocycles. The molecule has 1 aliphatic heterocycles. The van der Waals surface area contributed by atoms with Gasteiger partial charge in [0.15, 0.2) is 0 Å². The van der Waals surface area contributed by atoms with Crippen molar-refractivity contribution >= 4 is 0 Å². The molecule has 1 atom stereocenters. The first kappa shape index (κ1) is 8.28. The Hall–Kier alpha value is 0.284. The minimum Gasteiger partial charge on any atom is -0.297 e. The normalized spacial score (nSPS) is 28.0. The van der Waals surface area contributed by atoms with Crippen LogP contribution in [-0.4, -0.2) is 24.5 Å². The minimum atomic E-state index is 0. The fourth-order valence-electron chi connectivity index (χ4n) is 0.737. The molecule has 1 aliphatic rings. The Kier molecular flexibility index (Phi) is 3.46. The molecule has 0 saturated heterocycles. The van der Waals surface area contributed by atoms with Crippen molar-refractivity contribution in [2.75, 3.05) is 13.6 Å². The summed E-state index contributed by atoms with van der Waals surface area (Å²) in [6, 6.07) is 0.667. The van der Waals surface area contributed by atoms with Gasteiger partial charge in [-0.05, 0) is 14.0 Å². The van der Waals surface area contributed by atoms with Gasteiger partial charge in [0.05, 0.1) is 0 Å². The second-order valence-electron chi connectivity index (χ2n) is 2.11. The van der Waals surface area contributed by atoms with Gasteiger partial charge in [-0.15, -0.1) is 0 Å². The van der Waals surface area contributed by atoms with Crippen LogP contribution in [0.3, 0.4) is 0 Å². The van der Waals surface area contributed by atoms with Gasteiger partial charge in [0.25, 0.3) is 0 Å². The number of nitrogens with zero attached hydrogens (tertiary/aromatic N) is 1. The Balaban J connectivity index is 0.000000490. The first-order valence-corrected chi connectivity index (χ1v) is 2.67. The molecule has 0 N–H and O–H groups in total. The van der Waals surface area contributed by atoms with E-state index in [9.17, 15) is 0 Å². The van der Waals surface area contributed by atoms with Crippen molar-refractivity contribution < 1.29 is 18.6 Å². The second kappa shape index (κ2) is 3.34. The molecule has 0 bridgehead atoms. The topological polar surface area (TPSA) is 3.24 Å². The summed E-state index contributed by atoms with van der Waals surface area (Å²) in [5.41, 5.74) is 0. The van der Waals surface area contributed by atoms with Gasteiger partial charge < -0.3 is 0 Å². The van der Waals surface area contributed by atoms with Gasteiger partial charge in [-0.1, -0.05) is 12.2 Å². The molecular formula is C6H11NV. The summed E-state index contributed by atoms with van der Waals surface area (Å²) in [6.45, 7) is 3.32. The van der Waals surface area contributed by atoms with Gasteiger partial charge in [0.1, 0.15) is 0 Å². The van der Waals surface area contributed by atoms with Gasteiger partial charge in [-0.25, -0.2) is 0 Å². The van der Waals surface area contributed by atoms with Crippen molar-refractivity contribution in [2.45, 2.75) is 13.0 Å². The molecule has 0 spiro atoms. The molecule has 0 saturated carbocycles. The standard InChI is InChI=1S/C6H11N.V/c1-6-4-3-5-7(6)2;/h3-4,6H,5H2,1-2H3;. The van der Waals surface area contributed by atoms with Crippen LogP contribution in [0.5, 0.6) is 0 Å². The van der Waals surface area contributed by atoms with Gasteiger partial charge >= 0.3 is 0 Å². The molecule has 1 nitrogen and oxygen atoms in total. The van der Waals surface area contributed by atoms with Gasteiger partial charge in [0, 0.05) is 31.1 Å². The van der Waals surface area contributed by atoms with E-state index < -0.39 is 0 Å². The third kappa shape index (κ3) is 1.66. The van der Waals surface area contributed by atoms with Crippen molar-refractivity contribution in [3.8, 4) is 0 Å². The predicted molar refractivity (Wildman–Crippen MR) is 31.2 cm³/mol. The molecule has 0 aromatic rings. The summed E-state index contributed by atoms with van der Waals surface area (Å²) >= 11 is 0. The number of hydrogen-bond donors (Lipinski definition) is 0. The first-order valence-electron chi connectivity index (χ1n) is 2.67. The van der Waals surface area contributed by atoms with E-state index in [4.69, 9.17) is 0 Å². The van der Waals surface area contributed by atoms with Crippen LogP contribution in [0, 0.1) is 0 Å². The van der Waals surface area contributed by atoms with Crippen LogP contribution >= 0.6 is 0 Å². The Bertz CT molecular complexity index is 90.5. The molecule has 1 radical (unpaired) electrons. The average Bonchev–Trinajstić information content (AvgIpc) is 1.91. The van der Waals surface area contributed by atoms with Gasteiger partial charge in [-0.2, -0.15) is 0 Å². The minimum absolute atomic E-state index is 0. The quantitative estimate of drug-likeness (QED) is 0.461. The molecule has 1 rings (SSSR count). The van der Waals surface area contributed by atoms with Gasteiger partial charge in [-0.3, -0.25) is 4.90 Å². The molecular weight excluding hydrogens is 137 g/mol. The fraction of sp³-hybridized carbons (Fsp3) is 0.667. The number of likely N-dealkylation sites (N-methyl/N-ethyl adjacent to an activating group) is 1. The molecule has 1 unspecified atom stereocenters. The van der Waals surface area contributed by atoms with E-state index in [1.165, 1.54) is 0 Å². The van der Waals surface area contributed by atoms with Crippen LogP contribution < -0.4 is 0 Å². The second-order valence-corrected chi connectivity index (χ2v) is 2.11. The molecule has 2 heteroatoms. The Labute approximate surface area is 62.6 Å². The van der Waals surface area contributed by atoms with Crippen LogP contribution in [0.25, 0.3) is 0 Å². The van der Waals surface area contributed by atoms with Crippen molar-refractivity contribution in [1.29, 1.82) is 0 Å². The zero-order valence-electron chi connectivity index (χ0n) is 5.33. The summed E-state index contributed by atoms with van der Waals surface area (Å²) in [4.78, 5) is 2.29. The van der Waals surface area contributed by atoms with Gasteiger partial charge in [0.2, 0.25) is 0 Å². The maximum atomic E-state index is 2.29. The van der Waals surface area contributed by atoms with E-state index in [0.717, 1.165) is 6.54 Å². The predicted octanol–water partition coefficient (Wildman–Crippen LogP) is 0.874. The van der Waals surface area contributed by atoms with Crippen molar-refractivity contribution in [2.24, 2.45) is 0 Å². The average molecular weight is 148 g/mol. The van der Waals surface area contributed by atoms with Crippen LogP contribution in [-0.2, 0) is 18.6 Å². The molecule has 0 aromatic carbocycles. The molecule has 0 aliphatic carbocycles. The Morgan fingerprint density at radius 3 is 2.38 bits per heavy atom. The molecule has 0 fully saturated rings. The summed E-state index contributed by atoms with van der Waals surface area (Å²) in [5, 5.41) is 0. The fourth-order valence-corrected chi connectivity index (χ4v) is 0.737. The monoisotopic (exact) mass is 148 g/mol. The van der Waals surface area contributed by atoms with Crippen molar-refractivity contribution in [3.63, 3.8) is 0 Å². The van der Waals surface area contributed by atoms with Crippen LogP contribution in [0.1, 0.15) is 6.92 Å². The molecule has 0 amide bonds. The van der Waals surface area contributed by atoms with Crippen LogP contribution in [0.15, 0.2) is 12.2 Å². The zero-order chi connectivity index (χ0) is 5.28. The first-order chi connectivity index (χ1) is 3.30. The SMILES string of the molecule is CC1C=CCN1C.[V]. The van der Waals surface area contributed by atoms with E-state index in [1.54, 1.807) is 0 Å². The third-order valence-corrected chi connectivity index (χ3v) is 1.50. The third-order valence-electron chi connectivity index (χ3n) is 1.50. The van der Waals surface area contributed by atoms with E-state index in [1.807, 2.05) is 0 Å². The Morgan fingerprint density at radius 1 is 1.62 bits per heavy atom. The number of rotatable bonds is 0. The van der Waals surface area contributed by atoms with E-state index in [2.05, 4.69) is 31.0 Å². The van der Waals surface area contributed by atoms with Crippen molar-refractivity contribution in [1.82, 2.24) is 4.90 Å². The van der Waals surface area contributed by atoms with E-state index in [-0.39, 0.29) is 18.6 Å². The smallest absolute Gasteiger partial charge is 0.0250 e. The Morgan fingerprint density at radius 2 is 2.25 bits per heavy atom. The van der Waals surface area contributed by atoms with E-state index >= 15 is 0 Å². The van der Waals surface area contributed by atoms with Crippen LogP contribution in [0.2, 0.25) is 0 Å². The van der Waals surface area contributed by atoms with Crippen LogP contribution in [0.4, 0.5) is 0 Å². The molecule has 45 valence electrons. The van der Waals surface area contributed by atoms with Crippen molar-refractivity contribution in [3.05, 3.63) is 12.2 Å². The summed E-state index contributed by atoms with van der Waals surface area (Å²) in [5.74, 6) is 0.